The number of hydrogen-bond donors (Lipinski definition) is 2. The molecule has 0 saturated carbocycles. The number of benzene rings is 1. The van der Waals surface area contributed by atoms with Crippen molar-refractivity contribution in [2.45, 2.75) is 32.4 Å². The molecule has 0 bridgehead atoms. The average molecular weight is 253 g/mol. The summed E-state index contributed by atoms with van der Waals surface area (Å²) >= 11 is 0. The number of rotatable bonds is 7. The van der Waals surface area contributed by atoms with Gasteiger partial charge < -0.3 is 19.9 Å². The van der Waals surface area contributed by atoms with Crippen LogP contribution in [0, 0.1) is 0 Å². The fourth-order valence-electron chi connectivity index (χ4n) is 1.92. The summed E-state index contributed by atoms with van der Waals surface area (Å²) in [4.78, 5) is 0. The fraction of sp³-hybridized carbons (Fsp3) is 0.571. The highest BCUT2D eigenvalue weighted by Crippen LogP contribution is 2.30. The van der Waals surface area contributed by atoms with Gasteiger partial charge in [-0.3, -0.25) is 0 Å². The fourth-order valence-corrected chi connectivity index (χ4v) is 1.92. The molecule has 0 spiro atoms. The minimum atomic E-state index is 0.0723. The third-order valence-electron chi connectivity index (χ3n) is 2.98. The molecule has 0 radical (unpaired) electrons. The molecule has 0 fully saturated rings. The van der Waals surface area contributed by atoms with Gasteiger partial charge in [0.05, 0.1) is 20.8 Å². The van der Waals surface area contributed by atoms with Gasteiger partial charge in [-0.25, -0.2) is 0 Å². The maximum absolute atomic E-state index is 9.10. The molecular weight excluding hydrogens is 230 g/mol. The molecule has 0 aliphatic carbocycles. The molecule has 0 amide bonds. The number of aliphatic hydroxyl groups excluding tert-OH is 1. The van der Waals surface area contributed by atoms with Gasteiger partial charge in [0.25, 0.3) is 0 Å². The maximum Gasteiger partial charge on any atom is 0.161 e. The van der Waals surface area contributed by atoms with Crippen LogP contribution in [-0.4, -0.2) is 32.0 Å². The van der Waals surface area contributed by atoms with E-state index in [1.54, 1.807) is 14.2 Å². The van der Waals surface area contributed by atoms with Gasteiger partial charge in [-0.1, -0.05) is 13.0 Å². The molecule has 0 heterocycles. The van der Waals surface area contributed by atoms with Gasteiger partial charge in [0, 0.05) is 12.1 Å². The van der Waals surface area contributed by atoms with Crippen molar-refractivity contribution in [3.63, 3.8) is 0 Å². The van der Waals surface area contributed by atoms with Crippen LogP contribution in [-0.2, 0) is 0 Å². The number of hydrogen-bond acceptors (Lipinski definition) is 4. The van der Waals surface area contributed by atoms with E-state index < -0.39 is 0 Å². The van der Waals surface area contributed by atoms with Crippen LogP contribution in [0.4, 0.5) is 0 Å². The highest BCUT2D eigenvalue weighted by Gasteiger charge is 2.14. The third kappa shape index (κ3) is 3.62. The Kier molecular flexibility index (Phi) is 5.95. The molecule has 1 unspecified atom stereocenters. The molecule has 0 aliphatic rings. The Balaban J connectivity index is 2.92. The largest absolute Gasteiger partial charge is 0.493 e. The van der Waals surface area contributed by atoms with Crippen molar-refractivity contribution >= 4 is 0 Å². The number of ether oxygens (including phenoxy) is 2. The van der Waals surface area contributed by atoms with E-state index in [9.17, 15) is 0 Å². The Morgan fingerprint density at radius 2 is 1.89 bits per heavy atom. The van der Waals surface area contributed by atoms with Crippen molar-refractivity contribution in [3.8, 4) is 11.5 Å². The summed E-state index contributed by atoms with van der Waals surface area (Å²) in [5.74, 6) is 1.46. The Labute approximate surface area is 109 Å². The number of methoxy groups -OCH3 is 2. The molecular formula is C14H23NO3. The van der Waals surface area contributed by atoms with Crippen LogP contribution in [0.25, 0.3) is 0 Å². The molecule has 0 aromatic heterocycles. The van der Waals surface area contributed by atoms with E-state index in [-0.39, 0.29) is 18.7 Å². The van der Waals surface area contributed by atoms with E-state index in [4.69, 9.17) is 14.6 Å². The van der Waals surface area contributed by atoms with Crippen molar-refractivity contribution in [2.24, 2.45) is 0 Å². The summed E-state index contributed by atoms with van der Waals surface area (Å²) in [6.45, 7) is 4.20. The van der Waals surface area contributed by atoms with Crippen molar-refractivity contribution < 1.29 is 14.6 Å². The van der Waals surface area contributed by atoms with Crippen LogP contribution < -0.4 is 14.8 Å². The molecule has 4 nitrogen and oxygen atoms in total. The lowest BCUT2D eigenvalue weighted by molar-refractivity contribution is 0.239. The summed E-state index contributed by atoms with van der Waals surface area (Å²) in [6, 6.07) is 6.17. The van der Waals surface area contributed by atoms with Gasteiger partial charge in [-0.15, -0.1) is 0 Å². The highest BCUT2D eigenvalue weighted by molar-refractivity contribution is 5.43. The minimum Gasteiger partial charge on any atom is -0.493 e. The van der Waals surface area contributed by atoms with E-state index in [2.05, 4.69) is 12.2 Å². The van der Waals surface area contributed by atoms with Crippen LogP contribution in [0.3, 0.4) is 0 Å². The Morgan fingerprint density at radius 1 is 1.22 bits per heavy atom. The van der Waals surface area contributed by atoms with Crippen LogP contribution in [0.1, 0.15) is 31.9 Å². The smallest absolute Gasteiger partial charge is 0.161 e. The predicted molar refractivity (Wildman–Crippen MR) is 72.3 cm³/mol. The molecule has 0 aliphatic heterocycles. The van der Waals surface area contributed by atoms with Gasteiger partial charge in [0.1, 0.15) is 0 Å². The van der Waals surface area contributed by atoms with E-state index in [0.29, 0.717) is 0 Å². The average Bonchev–Trinajstić information content (AvgIpc) is 2.43. The second kappa shape index (κ2) is 7.24. The molecule has 1 aromatic carbocycles. The van der Waals surface area contributed by atoms with Crippen LogP contribution >= 0.6 is 0 Å². The first-order valence-electron chi connectivity index (χ1n) is 6.25. The van der Waals surface area contributed by atoms with Gasteiger partial charge in [-0.2, -0.15) is 0 Å². The molecule has 102 valence electrons. The van der Waals surface area contributed by atoms with Gasteiger partial charge >= 0.3 is 0 Å². The quantitative estimate of drug-likeness (QED) is 0.781. The molecule has 1 rings (SSSR count). The Hall–Kier alpha value is -1.26. The number of nitrogens with one attached hydrogen (secondary N) is 1. The standard InChI is InChI=1S/C14H23NO3/c1-5-12(15-10(2)9-16)11-6-7-13(17-3)14(8-11)18-4/h6-8,10,12,15-16H,5,9H2,1-4H3/t10-,12?/m1/s1. The zero-order chi connectivity index (χ0) is 13.5. The summed E-state index contributed by atoms with van der Waals surface area (Å²) in [5, 5.41) is 12.5. The zero-order valence-electron chi connectivity index (χ0n) is 11.6. The summed E-state index contributed by atoms with van der Waals surface area (Å²) < 4.78 is 10.5. The first-order valence-corrected chi connectivity index (χ1v) is 6.25. The van der Waals surface area contributed by atoms with Crippen LogP contribution in [0.15, 0.2) is 18.2 Å². The van der Waals surface area contributed by atoms with Crippen molar-refractivity contribution in [3.05, 3.63) is 23.8 Å². The van der Waals surface area contributed by atoms with Gasteiger partial charge in [0.15, 0.2) is 11.5 Å². The van der Waals surface area contributed by atoms with Crippen LogP contribution in [0.5, 0.6) is 11.5 Å². The van der Waals surface area contributed by atoms with Gasteiger partial charge in [0.2, 0.25) is 0 Å². The van der Waals surface area contributed by atoms with Crippen molar-refractivity contribution in [1.82, 2.24) is 5.32 Å². The van der Waals surface area contributed by atoms with E-state index in [1.165, 1.54) is 0 Å². The molecule has 4 heteroatoms. The van der Waals surface area contributed by atoms with Gasteiger partial charge in [-0.05, 0) is 31.0 Å². The summed E-state index contributed by atoms with van der Waals surface area (Å²) in [6.07, 6.45) is 0.944. The van der Waals surface area contributed by atoms with E-state index in [0.717, 1.165) is 23.5 Å². The SMILES string of the molecule is CCC(N[C@H](C)CO)c1ccc(OC)c(OC)c1. The van der Waals surface area contributed by atoms with Crippen molar-refractivity contribution in [1.29, 1.82) is 0 Å². The van der Waals surface area contributed by atoms with E-state index >= 15 is 0 Å². The topological polar surface area (TPSA) is 50.7 Å². The minimum absolute atomic E-state index is 0.0723. The summed E-state index contributed by atoms with van der Waals surface area (Å²) in [5.41, 5.74) is 1.13. The summed E-state index contributed by atoms with van der Waals surface area (Å²) in [7, 11) is 3.26. The first-order chi connectivity index (χ1) is 8.65. The third-order valence-corrected chi connectivity index (χ3v) is 2.98. The lowest BCUT2D eigenvalue weighted by Crippen LogP contribution is -2.32. The maximum atomic E-state index is 9.10. The highest BCUT2D eigenvalue weighted by atomic mass is 16.5. The first kappa shape index (κ1) is 14.8. The monoisotopic (exact) mass is 253 g/mol. The van der Waals surface area contributed by atoms with E-state index in [1.807, 2.05) is 25.1 Å². The second-order valence-corrected chi connectivity index (χ2v) is 4.33. The van der Waals surface area contributed by atoms with Crippen LogP contribution in [0.2, 0.25) is 0 Å². The molecule has 0 saturated heterocycles. The lowest BCUT2D eigenvalue weighted by Gasteiger charge is -2.22. The molecule has 18 heavy (non-hydrogen) atoms. The zero-order valence-corrected chi connectivity index (χ0v) is 11.6. The number of aliphatic hydroxyl groups is 1. The Bertz CT molecular complexity index is 368. The molecule has 1 aromatic rings. The Morgan fingerprint density at radius 3 is 2.39 bits per heavy atom. The molecule has 2 atom stereocenters. The second-order valence-electron chi connectivity index (χ2n) is 4.33. The predicted octanol–water partition coefficient (Wildman–Crippen LogP) is 2.13. The molecule has 2 N–H and O–H groups in total. The van der Waals surface area contributed by atoms with Crippen molar-refractivity contribution in [2.75, 3.05) is 20.8 Å². The lowest BCUT2D eigenvalue weighted by atomic mass is 10.0. The normalized spacial score (nSPS) is 14.1.